The van der Waals surface area contributed by atoms with E-state index in [2.05, 4.69) is 27.3 Å². The summed E-state index contributed by atoms with van der Waals surface area (Å²) >= 11 is 0. The highest BCUT2D eigenvalue weighted by Crippen LogP contribution is 2.24. The number of benzene rings is 1. The fourth-order valence-electron chi connectivity index (χ4n) is 3.58. The lowest BCUT2D eigenvalue weighted by Gasteiger charge is -2.37. The lowest BCUT2D eigenvalue weighted by molar-refractivity contribution is 0.0843. The molecule has 1 aliphatic heterocycles. The summed E-state index contributed by atoms with van der Waals surface area (Å²) < 4.78 is 11.2. The molecule has 1 aliphatic rings. The topological polar surface area (TPSA) is 74.8 Å². The molecule has 1 saturated heterocycles. The largest absolute Gasteiger partial charge is 0.465 e. The van der Waals surface area contributed by atoms with Crippen molar-refractivity contribution in [2.75, 3.05) is 39.8 Å². The van der Waals surface area contributed by atoms with E-state index in [-0.39, 0.29) is 17.6 Å². The van der Waals surface area contributed by atoms with Crippen LogP contribution in [0.3, 0.4) is 0 Å². The number of carbonyl (C=O) groups excluding carboxylic acids is 1. The van der Waals surface area contributed by atoms with Gasteiger partial charge in [-0.15, -0.1) is 0 Å². The van der Waals surface area contributed by atoms with Crippen molar-refractivity contribution < 1.29 is 13.7 Å². The first-order valence-electron chi connectivity index (χ1n) is 9.89. The molecule has 1 atom stereocenters. The first kappa shape index (κ1) is 19.4. The van der Waals surface area contributed by atoms with Gasteiger partial charge >= 0.3 is 0 Å². The number of rotatable bonds is 6. The summed E-state index contributed by atoms with van der Waals surface area (Å²) in [6, 6.07) is 15.2. The van der Waals surface area contributed by atoms with E-state index in [4.69, 9.17) is 8.94 Å². The number of hydrogen-bond donors (Lipinski definition) is 1. The average molecular weight is 394 g/mol. The van der Waals surface area contributed by atoms with Crippen molar-refractivity contribution in [3.8, 4) is 11.3 Å². The molecule has 3 aromatic rings. The Morgan fingerprint density at radius 3 is 2.59 bits per heavy atom. The molecule has 1 N–H and O–H groups in total. The smallest absolute Gasteiger partial charge is 0.273 e. The molecule has 0 spiro atoms. The van der Waals surface area contributed by atoms with Gasteiger partial charge in [0.15, 0.2) is 11.5 Å². The maximum Gasteiger partial charge on any atom is 0.273 e. The van der Waals surface area contributed by atoms with Crippen LogP contribution in [0.5, 0.6) is 0 Å². The van der Waals surface area contributed by atoms with E-state index in [1.54, 1.807) is 6.07 Å². The number of amides is 1. The lowest BCUT2D eigenvalue weighted by Crippen LogP contribution is -2.48. The van der Waals surface area contributed by atoms with Crippen LogP contribution >= 0.6 is 0 Å². The van der Waals surface area contributed by atoms with Crippen molar-refractivity contribution in [3.63, 3.8) is 0 Å². The van der Waals surface area contributed by atoms with Gasteiger partial charge in [0, 0.05) is 44.4 Å². The third kappa shape index (κ3) is 4.58. The molecular formula is C22H26N4O3. The molecule has 7 nitrogen and oxygen atoms in total. The highest BCUT2D eigenvalue weighted by Gasteiger charge is 2.27. The second-order valence-corrected chi connectivity index (χ2v) is 7.46. The fraction of sp³-hybridized carbons (Fsp3) is 0.364. The molecule has 29 heavy (non-hydrogen) atoms. The SMILES string of the molecule is Cc1ccc([C@H](CNC(=O)c2cc(-c3ccccc3)on2)N2CCN(C)CC2)o1. The highest BCUT2D eigenvalue weighted by molar-refractivity contribution is 5.93. The number of nitrogens with one attached hydrogen (secondary N) is 1. The van der Waals surface area contributed by atoms with Gasteiger partial charge in [-0.05, 0) is 26.1 Å². The molecule has 3 heterocycles. The molecule has 4 rings (SSSR count). The molecule has 1 aromatic carbocycles. The molecular weight excluding hydrogens is 368 g/mol. The van der Waals surface area contributed by atoms with Gasteiger partial charge in [0.2, 0.25) is 0 Å². The first-order valence-corrected chi connectivity index (χ1v) is 9.89. The Labute approximate surface area is 170 Å². The molecule has 1 fully saturated rings. The van der Waals surface area contributed by atoms with E-state index in [0.29, 0.717) is 12.3 Å². The van der Waals surface area contributed by atoms with E-state index in [9.17, 15) is 4.79 Å². The Balaban J connectivity index is 1.44. The van der Waals surface area contributed by atoms with Crippen LogP contribution in [0.4, 0.5) is 0 Å². The molecule has 0 aliphatic carbocycles. The number of aryl methyl sites for hydroxylation is 1. The van der Waals surface area contributed by atoms with Crippen molar-refractivity contribution in [1.82, 2.24) is 20.3 Å². The molecule has 0 radical (unpaired) electrons. The van der Waals surface area contributed by atoms with Crippen LogP contribution in [0.15, 0.2) is 57.5 Å². The van der Waals surface area contributed by atoms with Crippen molar-refractivity contribution in [2.24, 2.45) is 0 Å². The predicted molar refractivity (Wildman–Crippen MR) is 110 cm³/mol. The van der Waals surface area contributed by atoms with Crippen LogP contribution < -0.4 is 5.32 Å². The number of hydrogen-bond acceptors (Lipinski definition) is 6. The number of aromatic nitrogens is 1. The minimum Gasteiger partial charge on any atom is -0.465 e. The van der Waals surface area contributed by atoms with Crippen molar-refractivity contribution >= 4 is 5.91 Å². The minimum atomic E-state index is -0.252. The van der Waals surface area contributed by atoms with Crippen LogP contribution in [0.25, 0.3) is 11.3 Å². The fourth-order valence-corrected chi connectivity index (χ4v) is 3.58. The lowest BCUT2D eigenvalue weighted by atomic mass is 10.1. The maximum absolute atomic E-state index is 12.7. The minimum absolute atomic E-state index is 0.0122. The van der Waals surface area contributed by atoms with Gasteiger partial charge < -0.3 is 19.2 Å². The van der Waals surface area contributed by atoms with E-state index < -0.39 is 0 Å². The number of nitrogens with zero attached hydrogens (tertiary/aromatic N) is 3. The first-order chi connectivity index (χ1) is 14.1. The second kappa shape index (κ2) is 8.63. The van der Waals surface area contributed by atoms with Gasteiger partial charge in [0.05, 0.1) is 6.04 Å². The van der Waals surface area contributed by atoms with Crippen molar-refractivity contribution in [2.45, 2.75) is 13.0 Å². The molecule has 0 bridgehead atoms. The van der Waals surface area contributed by atoms with Crippen LogP contribution in [-0.2, 0) is 0 Å². The Kier molecular flexibility index (Phi) is 5.78. The van der Waals surface area contributed by atoms with E-state index in [0.717, 1.165) is 43.3 Å². The van der Waals surface area contributed by atoms with E-state index in [1.165, 1.54) is 0 Å². The normalized spacial score (nSPS) is 16.6. The number of carbonyl (C=O) groups is 1. The van der Waals surface area contributed by atoms with Gasteiger partial charge in [-0.25, -0.2) is 0 Å². The summed E-state index contributed by atoms with van der Waals surface area (Å²) in [5, 5.41) is 6.94. The zero-order chi connectivity index (χ0) is 20.2. The average Bonchev–Trinajstić information content (AvgIpc) is 3.40. The predicted octanol–water partition coefficient (Wildman–Crippen LogP) is 2.96. The Hall–Kier alpha value is -2.90. The number of likely N-dealkylation sites (N-methyl/N-ethyl adjacent to an activating group) is 1. The summed E-state index contributed by atoms with van der Waals surface area (Å²) in [5.74, 6) is 2.07. The summed E-state index contributed by atoms with van der Waals surface area (Å²) in [4.78, 5) is 17.3. The highest BCUT2D eigenvalue weighted by atomic mass is 16.5. The molecule has 0 unspecified atom stereocenters. The van der Waals surface area contributed by atoms with Gasteiger partial charge in [0.25, 0.3) is 5.91 Å². The number of piperazine rings is 1. The van der Waals surface area contributed by atoms with Gasteiger partial charge in [-0.2, -0.15) is 0 Å². The monoisotopic (exact) mass is 394 g/mol. The zero-order valence-electron chi connectivity index (χ0n) is 16.8. The summed E-state index contributed by atoms with van der Waals surface area (Å²) in [6.07, 6.45) is 0. The standard InChI is InChI=1S/C22H26N4O3/c1-16-8-9-20(28-16)19(26-12-10-25(2)11-13-26)15-23-22(27)18-14-21(29-24-18)17-6-4-3-5-7-17/h3-9,14,19H,10-13,15H2,1-2H3,(H,23,27)/t19-/m0/s1. The van der Waals surface area contributed by atoms with E-state index >= 15 is 0 Å². The van der Waals surface area contributed by atoms with Gasteiger partial charge in [0.1, 0.15) is 11.5 Å². The Bertz CT molecular complexity index is 942. The van der Waals surface area contributed by atoms with Crippen LogP contribution in [-0.4, -0.2) is 60.6 Å². The second-order valence-electron chi connectivity index (χ2n) is 7.46. The van der Waals surface area contributed by atoms with Crippen LogP contribution in [0, 0.1) is 6.92 Å². The summed E-state index contributed by atoms with van der Waals surface area (Å²) in [7, 11) is 2.13. The van der Waals surface area contributed by atoms with Crippen molar-refractivity contribution in [3.05, 3.63) is 65.7 Å². The third-order valence-electron chi connectivity index (χ3n) is 5.33. The molecule has 2 aromatic heterocycles. The molecule has 7 heteroatoms. The van der Waals surface area contributed by atoms with Crippen LogP contribution in [0.2, 0.25) is 0 Å². The third-order valence-corrected chi connectivity index (χ3v) is 5.33. The number of furan rings is 1. The Morgan fingerprint density at radius 1 is 1.14 bits per heavy atom. The summed E-state index contributed by atoms with van der Waals surface area (Å²) in [6.45, 7) is 6.23. The van der Waals surface area contributed by atoms with Gasteiger partial charge in [-0.1, -0.05) is 35.5 Å². The van der Waals surface area contributed by atoms with Crippen molar-refractivity contribution in [1.29, 1.82) is 0 Å². The van der Waals surface area contributed by atoms with Gasteiger partial charge in [-0.3, -0.25) is 9.69 Å². The zero-order valence-corrected chi connectivity index (χ0v) is 16.8. The maximum atomic E-state index is 12.7. The molecule has 0 saturated carbocycles. The summed E-state index contributed by atoms with van der Waals surface area (Å²) in [5.41, 5.74) is 1.16. The quantitative estimate of drug-likeness (QED) is 0.693. The van der Waals surface area contributed by atoms with Crippen LogP contribution in [0.1, 0.15) is 28.1 Å². The Morgan fingerprint density at radius 2 is 1.90 bits per heavy atom. The molecule has 152 valence electrons. The molecule has 1 amide bonds. The van der Waals surface area contributed by atoms with E-state index in [1.807, 2.05) is 49.4 Å².